The van der Waals surface area contributed by atoms with Gasteiger partial charge in [-0.25, -0.2) is 0 Å². The van der Waals surface area contributed by atoms with E-state index in [9.17, 15) is 9.90 Å². The van der Waals surface area contributed by atoms with Gasteiger partial charge < -0.3 is 9.53 Å². The van der Waals surface area contributed by atoms with Gasteiger partial charge in [-0.3, -0.25) is 4.79 Å². The molecule has 0 bridgehead atoms. The third-order valence-electron chi connectivity index (χ3n) is 4.69. The molecular weight excluding hydrogens is 268 g/mol. The quantitative estimate of drug-likeness (QED) is 0.723. The first-order valence-electron chi connectivity index (χ1n) is 7.68. The summed E-state index contributed by atoms with van der Waals surface area (Å²) in [5.41, 5.74) is 0. The molecule has 20 heavy (non-hydrogen) atoms. The highest BCUT2D eigenvalue weighted by atomic mass is 28.4. The summed E-state index contributed by atoms with van der Waals surface area (Å²) in [4.78, 5) is 11.7. The summed E-state index contributed by atoms with van der Waals surface area (Å²) in [6.45, 7) is 18.7. The molecule has 120 valence electrons. The minimum Gasteiger partial charge on any atom is -0.414 e. The SMILES string of the molecule is CC(C)C(=O)C[C@@H](O)[C@H](C)[C@@H](C)O[Si](C)(C)C(C)(C)C. The van der Waals surface area contributed by atoms with Crippen molar-refractivity contribution in [1.82, 2.24) is 0 Å². The highest BCUT2D eigenvalue weighted by Crippen LogP contribution is 2.38. The van der Waals surface area contributed by atoms with Crippen LogP contribution in [0.3, 0.4) is 0 Å². The van der Waals surface area contributed by atoms with Gasteiger partial charge in [0.2, 0.25) is 0 Å². The highest BCUT2D eigenvalue weighted by Gasteiger charge is 2.40. The van der Waals surface area contributed by atoms with Crippen LogP contribution >= 0.6 is 0 Å². The maximum atomic E-state index is 11.7. The van der Waals surface area contributed by atoms with E-state index in [0.717, 1.165) is 0 Å². The van der Waals surface area contributed by atoms with Crippen molar-refractivity contribution in [1.29, 1.82) is 0 Å². The van der Waals surface area contributed by atoms with Crippen molar-refractivity contribution in [2.75, 3.05) is 0 Å². The number of ketones is 1. The molecule has 0 aliphatic heterocycles. The van der Waals surface area contributed by atoms with Crippen molar-refractivity contribution >= 4 is 14.1 Å². The molecule has 0 radical (unpaired) electrons. The Balaban J connectivity index is 4.63. The average molecular weight is 303 g/mol. The summed E-state index contributed by atoms with van der Waals surface area (Å²) in [6, 6.07) is 0. The number of rotatable bonds is 7. The molecule has 0 rings (SSSR count). The molecule has 0 fully saturated rings. The minimum atomic E-state index is -1.83. The number of hydrogen-bond donors (Lipinski definition) is 1. The highest BCUT2D eigenvalue weighted by molar-refractivity contribution is 6.74. The summed E-state index contributed by atoms with van der Waals surface area (Å²) >= 11 is 0. The molecule has 0 aromatic carbocycles. The van der Waals surface area contributed by atoms with Crippen molar-refractivity contribution in [3.8, 4) is 0 Å². The number of carbonyl (C=O) groups excluding carboxylic acids is 1. The molecule has 0 spiro atoms. The summed E-state index contributed by atoms with van der Waals surface area (Å²) in [5, 5.41) is 10.4. The Kier molecular flexibility index (Phi) is 7.12. The number of aliphatic hydroxyl groups excluding tert-OH is 1. The van der Waals surface area contributed by atoms with Crippen molar-refractivity contribution in [2.45, 2.75) is 85.2 Å². The van der Waals surface area contributed by atoms with Crippen molar-refractivity contribution in [3.05, 3.63) is 0 Å². The fourth-order valence-corrected chi connectivity index (χ4v) is 3.19. The molecule has 0 aliphatic rings. The first kappa shape index (κ1) is 19.8. The molecule has 3 atom stereocenters. The first-order valence-corrected chi connectivity index (χ1v) is 10.6. The van der Waals surface area contributed by atoms with Crippen LogP contribution in [0.5, 0.6) is 0 Å². The van der Waals surface area contributed by atoms with Crippen LogP contribution in [0.4, 0.5) is 0 Å². The number of Topliss-reactive ketones (excluding diaryl/α,β-unsaturated/α-hetero) is 1. The van der Waals surface area contributed by atoms with E-state index in [0.29, 0.717) is 0 Å². The number of carbonyl (C=O) groups is 1. The predicted octanol–water partition coefficient (Wildman–Crippen LogP) is 4.01. The fourth-order valence-electron chi connectivity index (χ4n) is 1.69. The van der Waals surface area contributed by atoms with Crippen molar-refractivity contribution in [3.63, 3.8) is 0 Å². The predicted molar refractivity (Wildman–Crippen MR) is 87.4 cm³/mol. The molecule has 0 saturated heterocycles. The van der Waals surface area contributed by atoms with Gasteiger partial charge in [-0.05, 0) is 25.1 Å². The molecule has 0 aliphatic carbocycles. The normalized spacial score (nSPS) is 17.9. The standard InChI is InChI=1S/C16H34O3Si/c1-11(2)14(17)10-15(18)12(3)13(4)19-20(8,9)16(5,6)7/h11-13,15,18H,10H2,1-9H3/t12-,13-,15-/m1/s1. The summed E-state index contributed by atoms with van der Waals surface area (Å²) in [6.07, 6.45) is -0.431. The summed E-state index contributed by atoms with van der Waals surface area (Å²) < 4.78 is 6.29. The maximum Gasteiger partial charge on any atom is 0.192 e. The van der Waals surface area contributed by atoms with E-state index in [1.54, 1.807) is 0 Å². The lowest BCUT2D eigenvalue weighted by Gasteiger charge is -2.40. The van der Waals surface area contributed by atoms with Gasteiger partial charge in [0.1, 0.15) is 5.78 Å². The Bertz CT molecular complexity index is 318. The van der Waals surface area contributed by atoms with E-state index in [2.05, 4.69) is 33.9 Å². The zero-order valence-corrected chi connectivity index (χ0v) is 15.8. The van der Waals surface area contributed by atoms with E-state index in [4.69, 9.17) is 4.43 Å². The van der Waals surface area contributed by atoms with E-state index in [1.165, 1.54) is 0 Å². The molecular formula is C16H34O3Si. The van der Waals surface area contributed by atoms with Gasteiger partial charge >= 0.3 is 0 Å². The molecule has 4 heteroatoms. The van der Waals surface area contributed by atoms with Crippen LogP contribution in [0.25, 0.3) is 0 Å². The summed E-state index contributed by atoms with van der Waals surface area (Å²) in [5.74, 6) is 0.0594. The van der Waals surface area contributed by atoms with Gasteiger partial charge in [0.05, 0.1) is 6.10 Å². The first-order chi connectivity index (χ1) is 8.79. The molecule has 0 aromatic heterocycles. The van der Waals surface area contributed by atoms with Crippen molar-refractivity contribution < 1.29 is 14.3 Å². The van der Waals surface area contributed by atoms with Gasteiger partial charge in [0.15, 0.2) is 8.32 Å². The monoisotopic (exact) mass is 302 g/mol. The summed E-state index contributed by atoms with van der Waals surface area (Å²) in [7, 11) is -1.83. The third kappa shape index (κ3) is 5.66. The van der Waals surface area contributed by atoms with Crippen LogP contribution in [-0.4, -0.2) is 31.4 Å². The van der Waals surface area contributed by atoms with E-state index < -0.39 is 14.4 Å². The molecule has 3 nitrogen and oxygen atoms in total. The lowest BCUT2D eigenvalue weighted by molar-refractivity contribution is -0.125. The van der Waals surface area contributed by atoms with E-state index in [1.807, 2.05) is 27.7 Å². The van der Waals surface area contributed by atoms with Crippen LogP contribution in [0.15, 0.2) is 0 Å². The van der Waals surface area contributed by atoms with Crippen LogP contribution in [0.2, 0.25) is 18.1 Å². The molecule has 1 N–H and O–H groups in total. The second kappa shape index (κ2) is 7.19. The van der Waals surface area contributed by atoms with E-state index >= 15 is 0 Å². The molecule has 0 heterocycles. The van der Waals surface area contributed by atoms with Crippen molar-refractivity contribution in [2.24, 2.45) is 11.8 Å². The minimum absolute atomic E-state index is 0.0199. The lowest BCUT2D eigenvalue weighted by Crippen LogP contribution is -2.46. The van der Waals surface area contributed by atoms with Gasteiger partial charge in [-0.1, -0.05) is 41.5 Å². The second-order valence-corrected chi connectivity index (χ2v) is 12.6. The Morgan fingerprint density at radius 2 is 1.60 bits per heavy atom. The lowest BCUT2D eigenvalue weighted by atomic mass is 9.92. The van der Waals surface area contributed by atoms with Gasteiger partial charge in [0.25, 0.3) is 0 Å². The molecule has 0 aromatic rings. The zero-order valence-electron chi connectivity index (χ0n) is 14.8. The largest absolute Gasteiger partial charge is 0.414 e. The van der Waals surface area contributed by atoms with E-state index in [-0.39, 0.29) is 35.2 Å². The third-order valence-corrected chi connectivity index (χ3v) is 9.26. The van der Waals surface area contributed by atoms with Gasteiger partial charge in [-0.15, -0.1) is 0 Å². The topological polar surface area (TPSA) is 46.5 Å². The van der Waals surface area contributed by atoms with Crippen LogP contribution in [0.1, 0.15) is 54.9 Å². The molecule has 0 unspecified atom stereocenters. The van der Waals surface area contributed by atoms with Crippen LogP contribution < -0.4 is 0 Å². The molecule has 0 saturated carbocycles. The Hall–Kier alpha value is -0.193. The molecule has 0 amide bonds. The van der Waals surface area contributed by atoms with Gasteiger partial charge in [0, 0.05) is 24.4 Å². The number of aliphatic hydroxyl groups is 1. The van der Waals surface area contributed by atoms with Gasteiger partial charge in [-0.2, -0.15) is 0 Å². The fraction of sp³-hybridized carbons (Fsp3) is 0.938. The van der Waals surface area contributed by atoms with Crippen LogP contribution in [0, 0.1) is 11.8 Å². The Morgan fingerprint density at radius 3 is 1.95 bits per heavy atom. The van der Waals surface area contributed by atoms with Crippen LogP contribution in [-0.2, 0) is 9.22 Å². The average Bonchev–Trinajstić information content (AvgIpc) is 2.25. The Morgan fingerprint density at radius 1 is 1.15 bits per heavy atom. The zero-order chi connectivity index (χ0) is 16.3. The Labute approximate surface area is 126 Å². The maximum absolute atomic E-state index is 11.7. The number of hydrogen-bond acceptors (Lipinski definition) is 3. The smallest absolute Gasteiger partial charge is 0.192 e. The second-order valence-electron chi connectivity index (χ2n) is 7.83.